The maximum Gasteiger partial charge on any atom is 0.356 e. The van der Waals surface area contributed by atoms with Crippen molar-refractivity contribution in [3.63, 3.8) is 0 Å². The van der Waals surface area contributed by atoms with Crippen LogP contribution in [0.25, 0.3) is 0 Å². The number of aryl methyl sites for hydroxylation is 1. The van der Waals surface area contributed by atoms with Crippen LogP contribution in [-0.4, -0.2) is 44.2 Å². The Balaban J connectivity index is 1.85. The quantitative estimate of drug-likeness (QED) is 0.831. The summed E-state index contributed by atoms with van der Waals surface area (Å²) >= 11 is 0. The molecule has 0 saturated heterocycles. The fourth-order valence-electron chi connectivity index (χ4n) is 1.65. The summed E-state index contributed by atoms with van der Waals surface area (Å²) < 4.78 is 2.01. The van der Waals surface area contributed by atoms with Crippen LogP contribution in [0.3, 0.4) is 0 Å². The van der Waals surface area contributed by atoms with Gasteiger partial charge in [0.2, 0.25) is 0 Å². The number of nitrogens with zero attached hydrogens (tertiary/aromatic N) is 5. The van der Waals surface area contributed by atoms with Gasteiger partial charge in [0.1, 0.15) is 5.82 Å². The zero-order valence-electron chi connectivity index (χ0n) is 10.6. The molecule has 2 heterocycles. The fraction of sp³-hybridized carbons (Fsp3) is 0.333. The third kappa shape index (κ3) is 3.51. The Kier molecular flexibility index (Phi) is 4.07. The normalized spacial score (nSPS) is 10.4. The van der Waals surface area contributed by atoms with Gasteiger partial charge in [0, 0.05) is 32.5 Å². The molecule has 0 saturated carbocycles. The van der Waals surface area contributed by atoms with Crippen LogP contribution in [0.1, 0.15) is 16.9 Å². The van der Waals surface area contributed by atoms with Crippen molar-refractivity contribution >= 4 is 11.8 Å². The smallest absolute Gasteiger partial charge is 0.356 e. The second-order valence-electron chi connectivity index (χ2n) is 4.14. The Morgan fingerprint density at radius 1 is 1.42 bits per heavy atom. The van der Waals surface area contributed by atoms with Gasteiger partial charge in [0.05, 0.1) is 18.7 Å². The van der Waals surface area contributed by atoms with Crippen LogP contribution < -0.4 is 4.90 Å². The van der Waals surface area contributed by atoms with E-state index in [1.807, 2.05) is 22.7 Å². The first-order chi connectivity index (χ1) is 9.16. The van der Waals surface area contributed by atoms with E-state index in [-0.39, 0.29) is 5.69 Å². The second-order valence-corrected chi connectivity index (χ2v) is 4.14. The average molecular weight is 261 g/mol. The van der Waals surface area contributed by atoms with Crippen LogP contribution in [0.4, 0.5) is 5.82 Å². The molecule has 2 rings (SSSR count). The third-order valence-corrected chi connectivity index (χ3v) is 2.72. The number of aromatic nitrogens is 4. The van der Waals surface area contributed by atoms with Gasteiger partial charge >= 0.3 is 5.97 Å². The van der Waals surface area contributed by atoms with Gasteiger partial charge in [0.25, 0.3) is 0 Å². The molecule has 19 heavy (non-hydrogen) atoms. The van der Waals surface area contributed by atoms with Crippen molar-refractivity contribution < 1.29 is 9.90 Å². The lowest BCUT2D eigenvalue weighted by atomic mass is 10.4. The Bertz CT molecular complexity index is 524. The molecule has 0 aliphatic rings. The SMILES string of the molecule is CN(CCCn1ccnc1)c1cnc(C(=O)O)cn1. The first kappa shape index (κ1) is 13.0. The van der Waals surface area contributed by atoms with Gasteiger partial charge in [-0.3, -0.25) is 0 Å². The van der Waals surface area contributed by atoms with E-state index in [1.165, 1.54) is 12.4 Å². The van der Waals surface area contributed by atoms with E-state index in [2.05, 4.69) is 15.0 Å². The van der Waals surface area contributed by atoms with Crippen LogP contribution in [0, 0.1) is 0 Å². The average Bonchev–Trinajstić information content (AvgIpc) is 2.92. The molecule has 0 aromatic carbocycles. The van der Waals surface area contributed by atoms with E-state index in [0.29, 0.717) is 5.82 Å². The van der Waals surface area contributed by atoms with Gasteiger partial charge in [-0.25, -0.2) is 19.7 Å². The topological polar surface area (TPSA) is 84.1 Å². The molecular formula is C12H15N5O2. The van der Waals surface area contributed by atoms with Gasteiger partial charge in [-0.2, -0.15) is 0 Å². The molecule has 0 fully saturated rings. The first-order valence-corrected chi connectivity index (χ1v) is 5.89. The summed E-state index contributed by atoms with van der Waals surface area (Å²) in [5.74, 6) is -0.405. The maximum atomic E-state index is 10.7. The molecule has 0 radical (unpaired) electrons. The van der Waals surface area contributed by atoms with Gasteiger partial charge in [-0.1, -0.05) is 0 Å². The van der Waals surface area contributed by atoms with Crippen molar-refractivity contribution in [1.82, 2.24) is 19.5 Å². The van der Waals surface area contributed by atoms with Crippen LogP contribution >= 0.6 is 0 Å². The van der Waals surface area contributed by atoms with E-state index in [4.69, 9.17) is 5.11 Å². The zero-order chi connectivity index (χ0) is 13.7. The number of hydrogen-bond donors (Lipinski definition) is 1. The summed E-state index contributed by atoms with van der Waals surface area (Å²) in [6.07, 6.45) is 9.13. The predicted octanol–water partition coefficient (Wildman–Crippen LogP) is 0.898. The van der Waals surface area contributed by atoms with E-state index >= 15 is 0 Å². The van der Waals surface area contributed by atoms with E-state index in [1.54, 1.807) is 12.5 Å². The number of imidazole rings is 1. The zero-order valence-corrected chi connectivity index (χ0v) is 10.6. The summed E-state index contributed by atoms with van der Waals surface area (Å²) in [4.78, 5) is 24.5. The number of anilines is 1. The van der Waals surface area contributed by atoms with Gasteiger partial charge in [-0.15, -0.1) is 0 Å². The minimum Gasteiger partial charge on any atom is -0.476 e. The lowest BCUT2D eigenvalue weighted by Gasteiger charge is -2.17. The molecule has 0 bridgehead atoms. The molecule has 2 aromatic rings. The van der Waals surface area contributed by atoms with Crippen LogP contribution in [0.15, 0.2) is 31.1 Å². The van der Waals surface area contributed by atoms with Crippen LogP contribution in [0.2, 0.25) is 0 Å². The maximum absolute atomic E-state index is 10.7. The standard InChI is InChI=1S/C12H15N5O2/c1-16(4-2-5-17-6-3-13-9-17)11-8-14-10(7-15-11)12(18)19/h3,6-9H,2,4-5H2,1H3,(H,18,19). The molecule has 7 nitrogen and oxygen atoms in total. The van der Waals surface area contributed by atoms with Crippen molar-refractivity contribution in [2.24, 2.45) is 0 Å². The third-order valence-electron chi connectivity index (χ3n) is 2.72. The number of carboxylic acids is 1. The van der Waals surface area contributed by atoms with Gasteiger partial charge in [0.15, 0.2) is 5.69 Å². The minimum absolute atomic E-state index is 0.0458. The molecule has 0 amide bonds. The summed E-state index contributed by atoms with van der Waals surface area (Å²) in [6.45, 7) is 1.68. The summed E-state index contributed by atoms with van der Waals surface area (Å²) in [5, 5.41) is 8.74. The Morgan fingerprint density at radius 3 is 2.84 bits per heavy atom. The highest BCUT2D eigenvalue weighted by Crippen LogP contribution is 2.07. The molecule has 7 heteroatoms. The lowest BCUT2D eigenvalue weighted by Crippen LogP contribution is -2.21. The molecule has 0 atom stereocenters. The number of aromatic carboxylic acids is 1. The summed E-state index contributed by atoms with van der Waals surface area (Å²) in [7, 11) is 1.90. The van der Waals surface area contributed by atoms with Gasteiger partial charge < -0.3 is 14.6 Å². The fourth-order valence-corrected chi connectivity index (χ4v) is 1.65. The highest BCUT2D eigenvalue weighted by atomic mass is 16.4. The highest BCUT2D eigenvalue weighted by Gasteiger charge is 2.07. The Labute approximate surface area is 110 Å². The van der Waals surface area contributed by atoms with Crippen molar-refractivity contribution in [3.8, 4) is 0 Å². The molecule has 0 spiro atoms. The lowest BCUT2D eigenvalue weighted by molar-refractivity contribution is 0.0690. The Morgan fingerprint density at radius 2 is 2.26 bits per heavy atom. The molecule has 0 unspecified atom stereocenters. The van der Waals surface area contributed by atoms with Crippen molar-refractivity contribution in [2.75, 3.05) is 18.5 Å². The molecular weight excluding hydrogens is 246 g/mol. The number of rotatable bonds is 6. The van der Waals surface area contributed by atoms with Gasteiger partial charge in [-0.05, 0) is 6.42 Å². The van der Waals surface area contributed by atoms with Crippen molar-refractivity contribution in [1.29, 1.82) is 0 Å². The van der Waals surface area contributed by atoms with E-state index in [0.717, 1.165) is 19.5 Å². The summed E-state index contributed by atoms with van der Waals surface area (Å²) in [5.41, 5.74) is -0.0458. The van der Waals surface area contributed by atoms with Crippen LogP contribution in [-0.2, 0) is 6.54 Å². The highest BCUT2D eigenvalue weighted by molar-refractivity contribution is 5.84. The minimum atomic E-state index is -1.07. The van der Waals surface area contributed by atoms with E-state index < -0.39 is 5.97 Å². The van der Waals surface area contributed by atoms with Crippen LogP contribution in [0.5, 0.6) is 0 Å². The number of hydrogen-bond acceptors (Lipinski definition) is 5. The monoisotopic (exact) mass is 261 g/mol. The van der Waals surface area contributed by atoms with Crippen molar-refractivity contribution in [2.45, 2.75) is 13.0 Å². The summed E-state index contributed by atoms with van der Waals surface area (Å²) in [6, 6.07) is 0. The number of carboxylic acid groups (broad SMARTS) is 1. The Hall–Kier alpha value is -2.44. The number of carbonyl (C=O) groups is 1. The molecule has 2 aromatic heterocycles. The van der Waals surface area contributed by atoms with E-state index in [9.17, 15) is 4.79 Å². The largest absolute Gasteiger partial charge is 0.476 e. The molecule has 0 aliphatic carbocycles. The second kappa shape index (κ2) is 5.94. The van der Waals surface area contributed by atoms with Crippen molar-refractivity contribution in [3.05, 3.63) is 36.8 Å². The first-order valence-electron chi connectivity index (χ1n) is 5.89. The molecule has 100 valence electrons. The predicted molar refractivity (Wildman–Crippen MR) is 69.1 cm³/mol. The molecule has 1 N–H and O–H groups in total. The molecule has 0 aliphatic heterocycles.